The summed E-state index contributed by atoms with van der Waals surface area (Å²) in [5, 5.41) is 25.0. The van der Waals surface area contributed by atoms with Crippen LogP contribution in [0.2, 0.25) is 0 Å². The summed E-state index contributed by atoms with van der Waals surface area (Å²) in [6.45, 7) is 0. The Morgan fingerprint density at radius 1 is 0.738 bits per heavy atom. The molecule has 0 aliphatic rings. The van der Waals surface area contributed by atoms with Gasteiger partial charge in [0.05, 0.1) is 0 Å². The minimum atomic E-state index is -1.21. The summed E-state index contributed by atoms with van der Waals surface area (Å²) in [4.78, 5) is 60.3. The third kappa shape index (κ3) is 10.5. The zero-order valence-corrected chi connectivity index (χ0v) is 23.9. The molecule has 2 aromatic carbocycles. The van der Waals surface area contributed by atoms with Crippen molar-refractivity contribution in [1.29, 1.82) is 0 Å². The van der Waals surface area contributed by atoms with Crippen LogP contribution in [0, 0.1) is 0 Å². The molecule has 3 rings (SSSR count). The number of rotatable bonds is 17. The number of amides is 3. The quantitative estimate of drug-likeness (QED) is 0.147. The molecule has 0 saturated carbocycles. The van der Waals surface area contributed by atoms with Crippen LogP contribution in [-0.2, 0) is 30.4 Å². The lowest BCUT2D eigenvalue weighted by atomic mass is 10.0. The molecule has 3 amide bonds. The monoisotopic (exact) mass is 593 g/mol. The van der Waals surface area contributed by atoms with Gasteiger partial charge in [-0.25, -0.2) is 0 Å². The molecule has 10 nitrogen and oxygen atoms in total. The van der Waals surface area contributed by atoms with Gasteiger partial charge in [-0.1, -0.05) is 61.0 Å². The lowest BCUT2D eigenvalue weighted by Gasteiger charge is -2.22. The number of carbonyl (C=O) groups is 5. The summed E-state index contributed by atoms with van der Waals surface area (Å²) < 4.78 is 0. The molecule has 3 aromatic rings. The summed E-state index contributed by atoms with van der Waals surface area (Å²) in [6, 6.07) is 18.0. The average Bonchev–Trinajstić information content (AvgIpc) is 3.46. The summed E-state index contributed by atoms with van der Waals surface area (Å²) in [6.07, 6.45) is 0.687. The number of hydrogen-bond acceptors (Lipinski definition) is 6. The van der Waals surface area contributed by atoms with E-state index < -0.39 is 35.8 Å². The molecule has 0 radical (unpaired) electrons. The van der Waals surface area contributed by atoms with Crippen molar-refractivity contribution in [3.05, 3.63) is 71.6 Å². The molecule has 1 aromatic heterocycles. The molecule has 0 fully saturated rings. The Labute approximate surface area is 247 Å². The van der Waals surface area contributed by atoms with Gasteiger partial charge in [-0.3, -0.25) is 24.0 Å². The number of benzene rings is 2. The fourth-order valence-electron chi connectivity index (χ4n) is 4.35. The number of hydrogen-bond donors (Lipinski definition) is 5. The zero-order chi connectivity index (χ0) is 30.5. The Morgan fingerprint density at radius 3 is 2.07 bits per heavy atom. The fraction of sp³-hybridized carbons (Fsp3) is 0.323. The smallest absolute Gasteiger partial charge is 0.303 e. The predicted octanol–water partition coefficient (Wildman–Crippen LogP) is 3.98. The lowest BCUT2D eigenvalue weighted by Crippen LogP contribution is -2.53. The van der Waals surface area contributed by atoms with Crippen LogP contribution in [0.5, 0.6) is 0 Å². The molecule has 42 heavy (non-hydrogen) atoms. The van der Waals surface area contributed by atoms with Gasteiger partial charge in [0.1, 0.15) is 12.1 Å². The summed E-state index contributed by atoms with van der Waals surface area (Å²) in [5.41, 5.74) is 9.64. The van der Waals surface area contributed by atoms with Gasteiger partial charge in [0.15, 0.2) is 0 Å². The topological polar surface area (TPSA) is 176 Å². The Kier molecular flexibility index (Phi) is 12.2. The van der Waals surface area contributed by atoms with Gasteiger partial charge in [-0.05, 0) is 59.4 Å². The number of nitrogens with two attached hydrogens (primary N) is 1. The van der Waals surface area contributed by atoms with E-state index in [1.807, 2.05) is 42.5 Å². The largest absolute Gasteiger partial charge is 0.481 e. The van der Waals surface area contributed by atoms with Gasteiger partial charge in [0.25, 0.3) is 0 Å². The molecule has 0 bridgehead atoms. The van der Waals surface area contributed by atoms with Crippen LogP contribution in [0.3, 0.4) is 0 Å². The van der Waals surface area contributed by atoms with Crippen molar-refractivity contribution in [2.75, 3.05) is 0 Å². The van der Waals surface area contributed by atoms with Crippen molar-refractivity contribution >= 4 is 41.0 Å². The molecule has 6 N–H and O–H groups in total. The summed E-state index contributed by atoms with van der Waals surface area (Å²) >= 11 is 1.66. The zero-order valence-electron chi connectivity index (χ0n) is 23.1. The van der Waals surface area contributed by atoms with Crippen LogP contribution in [0.4, 0.5) is 0 Å². The van der Waals surface area contributed by atoms with Gasteiger partial charge < -0.3 is 26.6 Å². The first-order valence-corrected chi connectivity index (χ1v) is 14.6. The van der Waals surface area contributed by atoms with Crippen LogP contribution >= 0.6 is 11.3 Å². The summed E-state index contributed by atoms with van der Waals surface area (Å²) in [5.74, 6) is -4.06. The van der Waals surface area contributed by atoms with E-state index in [-0.39, 0.29) is 38.0 Å². The van der Waals surface area contributed by atoms with E-state index in [2.05, 4.69) is 34.2 Å². The summed E-state index contributed by atoms with van der Waals surface area (Å²) in [7, 11) is 0. The molecule has 0 aliphatic carbocycles. The highest BCUT2D eigenvalue weighted by Gasteiger charge is 2.26. The molecular formula is C31H35N3O7S. The molecule has 11 heteroatoms. The Morgan fingerprint density at radius 2 is 1.43 bits per heavy atom. The number of carbonyl (C=O) groups excluding carboxylic acids is 3. The highest BCUT2D eigenvalue weighted by atomic mass is 32.1. The van der Waals surface area contributed by atoms with Gasteiger partial charge in [-0.15, -0.1) is 11.3 Å². The molecule has 1 heterocycles. The minimum Gasteiger partial charge on any atom is -0.481 e. The molecule has 0 unspecified atom stereocenters. The molecule has 0 spiro atoms. The van der Waals surface area contributed by atoms with Gasteiger partial charge in [-0.2, -0.15) is 0 Å². The lowest BCUT2D eigenvalue weighted by molar-refractivity contribution is -0.138. The number of carboxylic acids is 2. The normalized spacial score (nSPS) is 12.2. The Balaban J connectivity index is 1.57. The van der Waals surface area contributed by atoms with Crippen molar-refractivity contribution in [3.8, 4) is 21.6 Å². The number of thiophene rings is 1. The van der Waals surface area contributed by atoms with E-state index in [0.717, 1.165) is 27.1 Å². The van der Waals surface area contributed by atoms with Crippen molar-refractivity contribution in [2.45, 2.75) is 63.5 Å². The molecule has 222 valence electrons. The van der Waals surface area contributed by atoms with Gasteiger partial charge in [0, 0.05) is 24.1 Å². The molecule has 0 aliphatic heterocycles. The molecular weight excluding hydrogens is 558 g/mol. The maximum absolute atomic E-state index is 12.9. The fourth-order valence-corrected chi connectivity index (χ4v) is 5.27. The molecule has 2 atom stereocenters. The maximum Gasteiger partial charge on any atom is 0.303 e. The van der Waals surface area contributed by atoms with Crippen molar-refractivity contribution in [2.24, 2.45) is 5.73 Å². The first-order valence-electron chi connectivity index (χ1n) is 13.7. The third-order valence-corrected chi connectivity index (χ3v) is 7.66. The van der Waals surface area contributed by atoms with Crippen LogP contribution < -0.4 is 16.4 Å². The number of primary amides is 1. The van der Waals surface area contributed by atoms with Crippen LogP contribution in [-0.4, -0.2) is 52.0 Å². The van der Waals surface area contributed by atoms with E-state index in [1.54, 1.807) is 11.3 Å². The van der Waals surface area contributed by atoms with E-state index >= 15 is 0 Å². The number of nitrogens with one attached hydrogen (secondary N) is 2. The highest BCUT2D eigenvalue weighted by Crippen LogP contribution is 2.32. The number of unbranched alkanes of at least 4 members (excludes halogenated alkanes) is 1. The van der Waals surface area contributed by atoms with Gasteiger partial charge in [0.2, 0.25) is 17.7 Å². The van der Waals surface area contributed by atoms with E-state index in [0.29, 0.717) is 19.3 Å². The van der Waals surface area contributed by atoms with Crippen molar-refractivity contribution < 1.29 is 34.2 Å². The van der Waals surface area contributed by atoms with Crippen LogP contribution in [0.25, 0.3) is 21.6 Å². The second-order valence-electron chi connectivity index (χ2n) is 9.92. The van der Waals surface area contributed by atoms with E-state index in [9.17, 15) is 24.0 Å². The van der Waals surface area contributed by atoms with Gasteiger partial charge >= 0.3 is 11.9 Å². The Hall–Kier alpha value is -4.51. The number of aliphatic carboxylic acids is 2. The predicted molar refractivity (Wildman–Crippen MR) is 160 cm³/mol. The second-order valence-corrected chi connectivity index (χ2v) is 10.8. The van der Waals surface area contributed by atoms with Crippen molar-refractivity contribution in [1.82, 2.24) is 10.6 Å². The van der Waals surface area contributed by atoms with E-state index in [4.69, 9.17) is 15.9 Å². The standard InChI is InChI=1S/C31H35N3O7S/c32-30(40)24(15-17-29(38)39)34-31(41)25(8-4-5-9-28(36)37)33-27(35)16-12-20-10-13-22(14-11-20)26-18-23(19-42-26)21-6-2-1-3-7-21/h1-3,6-7,10-11,13-14,18-19,24-25H,4-5,8-9,12,15-17H2,(H2,32,40)(H,33,35)(H,34,41)(H,36,37)(H,38,39)/t24-,25-/m0/s1. The minimum absolute atomic E-state index is 0.0835. The Bertz CT molecular complexity index is 1370. The average molecular weight is 594 g/mol. The second kappa shape index (κ2) is 16.1. The number of carboxylic acid groups (broad SMARTS) is 2. The number of aryl methyl sites for hydroxylation is 1. The molecule has 0 saturated heterocycles. The van der Waals surface area contributed by atoms with Crippen LogP contribution in [0.15, 0.2) is 66.0 Å². The maximum atomic E-state index is 12.9. The first kappa shape index (κ1) is 32.0. The first-order chi connectivity index (χ1) is 20.1. The highest BCUT2D eigenvalue weighted by molar-refractivity contribution is 7.14. The SMILES string of the molecule is NC(=O)[C@H](CCC(=O)O)NC(=O)[C@H](CCCCC(=O)O)NC(=O)CCc1ccc(-c2cc(-c3ccccc3)cs2)cc1. The van der Waals surface area contributed by atoms with Crippen LogP contribution in [0.1, 0.15) is 50.5 Å². The van der Waals surface area contributed by atoms with Crippen molar-refractivity contribution in [3.63, 3.8) is 0 Å². The third-order valence-electron chi connectivity index (χ3n) is 6.68. The van der Waals surface area contributed by atoms with E-state index in [1.165, 1.54) is 0 Å².